The third kappa shape index (κ3) is 9.32. The van der Waals surface area contributed by atoms with Crippen LogP contribution >= 0.6 is 24.0 Å². The number of ether oxygens (including phenoxy) is 3. The van der Waals surface area contributed by atoms with Gasteiger partial charge in [0.05, 0.1) is 26.4 Å². The molecule has 0 aliphatic carbocycles. The summed E-state index contributed by atoms with van der Waals surface area (Å²) in [5, 5.41) is 6.65. The molecule has 0 amide bonds. The molecule has 10 heteroatoms. The lowest BCUT2D eigenvalue weighted by Gasteiger charge is -2.41. The molecule has 2 rings (SSSR count). The van der Waals surface area contributed by atoms with E-state index in [4.69, 9.17) is 9.47 Å². The molecule has 0 atom stereocenters. The minimum absolute atomic E-state index is 0. The largest absolute Gasteiger partial charge is 0.490 e. The third-order valence-electron chi connectivity index (χ3n) is 4.84. The number of halogens is 3. The predicted octanol–water partition coefficient (Wildman–Crippen LogP) is 3.47. The Labute approximate surface area is 200 Å². The first kappa shape index (κ1) is 27.6. The van der Waals surface area contributed by atoms with E-state index in [2.05, 4.69) is 39.1 Å². The zero-order chi connectivity index (χ0) is 22.0. The fourth-order valence-corrected chi connectivity index (χ4v) is 3.21. The van der Waals surface area contributed by atoms with Gasteiger partial charge < -0.3 is 24.8 Å². The van der Waals surface area contributed by atoms with E-state index in [9.17, 15) is 8.78 Å². The number of morpholine rings is 1. The van der Waals surface area contributed by atoms with Crippen molar-refractivity contribution < 1.29 is 23.0 Å². The van der Waals surface area contributed by atoms with Gasteiger partial charge in [0.1, 0.15) is 0 Å². The topological polar surface area (TPSA) is 67.4 Å². The molecule has 1 aliphatic rings. The van der Waals surface area contributed by atoms with Crippen molar-refractivity contribution in [1.29, 1.82) is 0 Å². The van der Waals surface area contributed by atoms with Crippen molar-refractivity contribution in [2.75, 3.05) is 46.0 Å². The fourth-order valence-electron chi connectivity index (χ4n) is 3.21. The first-order chi connectivity index (χ1) is 14.4. The Kier molecular flexibility index (Phi) is 12.4. The van der Waals surface area contributed by atoms with Crippen LogP contribution in [-0.4, -0.2) is 69.0 Å². The summed E-state index contributed by atoms with van der Waals surface area (Å²) in [7, 11) is 0. The van der Waals surface area contributed by atoms with Crippen LogP contribution in [0.25, 0.3) is 0 Å². The summed E-state index contributed by atoms with van der Waals surface area (Å²) in [6.45, 7) is 10.8. The molecule has 0 bridgehead atoms. The number of aliphatic imine (C=N–C) groups is 1. The number of hydrogen-bond acceptors (Lipinski definition) is 5. The summed E-state index contributed by atoms with van der Waals surface area (Å²) in [4.78, 5) is 7.04. The average Bonchev–Trinajstić information content (AvgIpc) is 2.72. The van der Waals surface area contributed by atoms with Crippen molar-refractivity contribution in [3.8, 4) is 11.5 Å². The van der Waals surface area contributed by atoms with Crippen LogP contribution in [0.1, 0.15) is 33.3 Å². The summed E-state index contributed by atoms with van der Waals surface area (Å²) < 4.78 is 40.5. The summed E-state index contributed by atoms with van der Waals surface area (Å²) in [5.41, 5.74) is 0.792. The maximum atomic E-state index is 12.6. The van der Waals surface area contributed by atoms with Crippen LogP contribution in [0.2, 0.25) is 0 Å². The van der Waals surface area contributed by atoms with E-state index >= 15 is 0 Å². The quantitative estimate of drug-likeness (QED) is 0.262. The molecular weight excluding hydrogens is 521 g/mol. The molecule has 0 spiro atoms. The maximum absolute atomic E-state index is 12.6. The van der Waals surface area contributed by atoms with Crippen molar-refractivity contribution in [2.45, 2.75) is 46.4 Å². The summed E-state index contributed by atoms with van der Waals surface area (Å²) in [6.07, 6.45) is 0. The summed E-state index contributed by atoms with van der Waals surface area (Å²) in [6, 6.07) is 4.89. The van der Waals surface area contributed by atoms with Crippen LogP contribution in [0.3, 0.4) is 0 Å². The van der Waals surface area contributed by atoms with E-state index in [0.717, 1.165) is 45.0 Å². The number of alkyl halides is 2. The van der Waals surface area contributed by atoms with Gasteiger partial charge in [0.15, 0.2) is 17.5 Å². The van der Waals surface area contributed by atoms with Gasteiger partial charge in [0.2, 0.25) is 0 Å². The molecular formula is C21H35F2IN4O3. The SMILES string of the molecule is CCNC(=NCc1ccc(OC(F)F)c(OCC)c1)NCC(C)(C)N1CCOCC1.I. The molecule has 0 saturated carbocycles. The first-order valence-electron chi connectivity index (χ1n) is 10.4. The van der Waals surface area contributed by atoms with Crippen LogP contribution in [0.15, 0.2) is 23.2 Å². The molecule has 1 saturated heterocycles. The van der Waals surface area contributed by atoms with E-state index in [1.807, 2.05) is 6.92 Å². The van der Waals surface area contributed by atoms with E-state index < -0.39 is 6.61 Å². The van der Waals surface area contributed by atoms with Crippen molar-refractivity contribution in [3.05, 3.63) is 23.8 Å². The van der Waals surface area contributed by atoms with Crippen molar-refractivity contribution >= 4 is 29.9 Å². The molecule has 31 heavy (non-hydrogen) atoms. The second kappa shape index (κ2) is 13.9. The highest BCUT2D eigenvalue weighted by atomic mass is 127. The van der Waals surface area contributed by atoms with Gasteiger partial charge in [-0.2, -0.15) is 8.78 Å². The van der Waals surface area contributed by atoms with Crippen LogP contribution in [0, 0.1) is 0 Å². The normalized spacial score (nSPS) is 15.4. The minimum atomic E-state index is -2.90. The van der Waals surface area contributed by atoms with Crippen LogP contribution in [0.4, 0.5) is 8.78 Å². The van der Waals surface area contributed by atoms with Crippen molar-refractivity contribution in [1.82, 2.24) is 15.5 Å². The highest BCUT2D eigenvalue weighted by Gasteiger charge is 2.28. The Balaban J connectivity index is 0.00000480. The van der Waals surface area contributed by atoms with Crippen LogP contribution < -0.4 is 20.1 Å². The number of rotatable bonds is 10. The number of nitrogens with one attached hydrogen (secondary N) is 2. The Hall–Kier alpha value is -1.40. The molecule has 2 N–H and O–H groups in total. The monoisotopic (exact) mass is 556 g/mol. The van der Waals surface area contributed by atoms with Gasteiger partial charge >= 0.3 is 6.61 Å². The van der Waals surface area contributed by atoms with Gasteiger partial charge in [0, 0.05) is 31.7 Å². The number of guanidine groups is 1. The zero-order valence-electron chi connectivity index (χ0n) is 18.7. The molecule has 1 aromatic carbocycles. The molecule has 1 heterocycles. The average molecular weight is 556 g/mol. The first-order valence-corrected chi connectivity index (χ1v) is 10.4. The Morgan fingerprint density at radius 1 is 1.19 bits per heavy atom. The fraction of sp³-hybridized carbons (Fsp3) is 0.667. The van der Waals surface area contributed by atoms with Crippen molar-refractivity contribution in [2.24, 2.45) is 4.99 Å². The zero-order valence-corrected chi connectivity index (χ0v) is 21.1. The van der Waals surface area contributed by atoms with Gasteiger partial charge in [-0.15, -0.1) is 24.0 Å². The number of nitrogens with zero attached hydrogens (tertiary/aromatic N) is 2. The standard InChI is InChI=1S/C21H34F2N4O3.HI/c1-5-24-20(26-15-21(3,4)27-9-11-28-12-10-27)25-14-16-7-8-17(30-19(22)23)18(13-16)29-6-2;/h7-8,13,19H,5-6,9-12,14-15H2,1-4H3,(H2,24,25,26);1H. The smallest absolute Gasteiger partial charge is 0.387 e. The number of benzene rings is 1. The predicted molar refractivity (Wildman–Crippen MR) is 129 cm³/mol. The molecule has 1 aliphatic heterocycles. The van der Waals surface area contributed by atoms with E-state index in [1.165, 1.54) is 6.07 Å². The van der Waals surface area contributed by atoms with Gasteiger partial charge in [-0.3, -0.25) is 4.90 Å². The molecule has 1 aromatic rings. The lowest BCUT2D eigenvalue weighted by molar-refractivity contribution is -0.0514. The van der Waals surface area contributed by atoms with E-state index in [-0.39, 0.29) is 41.0 Å². The second-order valence-corrected chi connectivity index (χ2v) is 7.55. The molecule has 7 nitrogen and oxygen atoms in total. The summed E-state index contributed by atoms with van der Waals surface area (Å²) >= 11 is 0. The Morgan fingerprint density at radius 3 is 2.52 bits per heavy atom. The van der Waals surface area contributed by atoms with Crippen LogP contribution in [-0.2, 0) is 11.3 Å². The highest BCUT2D eigenvalue weighted by Crippen LogP contribution is 2.30. The lowest BCUT2D eigenvalue weighted by Crippen LogP contribution is -2.56. The molecule has 0 radical (unpaired) electrons. The second-order valence-electron chi connectivity index (χ2n) is 7.55. The van der Waals surface area contributed by atoms with Gasteiger partial charge in [-0.25, -0.2) is 4.99 Å². The highest BCUT2D eigenvalue weighted by molar-refractivity contribution is 14.0. The maximum Gasteiger partial charge on any atom is 0.387 e. The molecule has 0 unspecified atom stereocenters. The lowest BCUT2D eigenvalue weighted by atomic mass is 10.0. The van der Waals surface area contributed by atoms with Crippen molar-refractivity contribution in [3.63, 3.8) is 0 Å². The van der Waals surface area contributed by atoms with E-state index in [0.29, 0.717) is 19.1 Å². The van der Waals surface area contributed by atoms with Crippen LogP contribution in [0.5, 0.6) is 11.5 Å². The number of hydrogen-bond donors (Lipinski definition) is 2. The minimum Gasteiger partial charge on any atom is -0.490 e. The molecule has 1 fully saturated rings. The molecule has 178 valence electrons. The van der Waals surface area contributed by atoms with Gasteiger partial charge in [-0.1, -0.05) is 6.07 Å². The Bertz CT molecular complexity index is 687. The third-order valence-corrected chi connectivity index (χ3v) is 4.84. The summed E-state index contributed by atoms with van der Waals surface area (Å²) in [5.74, 6) is 1.01. The van der Waals surface area contributed by atoms with E-state index in [1.54, 1.807) is 19.1 Å². The van der Waals surface area contributed by atoms with Gasteiger partial charge in [-0.05, 0) is 45.4 Å². The van der Waals surface area contributed by atoms with Gasteiger partial charge in [0.25, 0.3) is 0 Å². The Morgan fingerprint density at radius 2 is 1.90 bits per heavy atom. The molecule has 0 aromatic heterocycles.